The second kappa shape index (κ2) is 6.71. The zero-order valence-corrected chi connectivity index (χ0v) is 14.3. The Morgan fingerprint density at radius 3 is 2.20 bits per heavy atom. The van der Waals surface area contributed by atoms with E-state index in [1.165, 1.54) is 12.1 Å². The van der Waals surface area contributed by atoms with Gasteiger partial charge in [0, 0.05) is 27.9 Å². The molecule has 0 bridgehead atoms. The van der Waals surface area contributed by atoms with Crippen LogP contribution in [0.25, 0.3) is 22.4 Å². The van der Waals surface area contributed by atoms with Gasteiger partial charge in [-0.25, -0.2) is 0 Å². The lowest BCUT2D eigenvalue weighted by Gasteiger charge is -2.08. The number of aromatic nitrogens is 1. The third-order valence-corrected chi connectivity index (χ3v) is 4.22. The molecule has 0 aliphatic carbocycles. The van der Waals surface area contributed by atoms with Crippen molar-refractivity contribution in [1.82, 2.24) is 4.98 Å². The molecule has 3 aromatic rings. The molecule has 0 atom stereocenters. The summed E-state index contributed by atoms with van der Waals surface area (Å²) in [6, 6.07) is 16.7. The third-order valence-electron chi connectivity index (χ3n) is 3.69. The molecule has 1 aromatic heterocycles. The van der Waals surface area contributed by atoms with Gasteiger partial charge in [0.2, 0.25) is 0 Å². The van der Waals surface area contributed by atoms with E-state index < -0.39 is 10.5 Å². The van der Waals surface area contributed by atoms with Gasteiger partial charge in [0.05, 0.1) is 4.92 Å². The van der Waals surface area contributed by atoms with Gasteiger partial charge in [-0.2, -0.15) is 5.26 Å². The monoisotopic (exact) mass is 395 g/mol. The maximum absolute atomic E-state index is 12.3. The number of nitrogens with zero attached hydrogens (tertiary/aromatic N) is 2. The highest BCUT2D eigenvalue weighted by atomic mass is 79.9. The fourth-order valence-corrected chi connectivity index (χ4v) is 2.71. The minimum Gasteiger partial charge on any atom is -0.321 e. The van der Waals surface area contributed by atoms with Gasteiger partial charge in [0.25, 0.3) is 11.2 Å². The lowest BCUT2D eigenvalue weighted by molar-refractivity contribution is -0.384. The Morgan fingerprint density at radius 1 is 1.04 bits per heavy atom. The van der Waals surface area contributed by atoms with Gasteiger partial charge in [-0.15, -0.1) is 0 Å². The molecule has 7 heteroatoms. The second-order valence-corrected chi connectivity index (χ2v) is 6.14. The largest absolute Gasteiger partial charge is 0.321 e. The van der Waals surface area contributed by atoms with Crippen LogP contribution in [0.4, 0.5) is 5.69 Å². The molecule has 6 nitrogen and oxygen atoms in total. The quantitative estimate of drug-likeness (QED) is 0.528. The number of non-ortho nitro benzene ring substituents is 1. The summed E-state index contributed by atoms with van der Waals surface area (Å²) in [4.78, 5) is 25.2. The van der Waals surface area contributed by atoms with E-state index in [2.05, 4.69) is 20.9 Å². The number of nitrogens with one attached hydrogen (secondary N) is 1. The van der Waals surface area contributed by atoms with Crippen molar-refractivity contribution in [3.05, 3.63) is 85.1 Å². The number of benzene rings is 2. The zero-order valence-electron chi connectivity index (χ0n) is 12.7. The fraction of sp³-hybridized carbons (Fsp3) is 0. The Hall–Kier alpha value is -3.24. The Balaban J connectivity index is 2.16. The number of pyridine rings is 1. The van der Waals surface area contributed by atoms with Crippen molar-refractivity contribution in [3.63, 3.8) is 0 Å². The number of aromatic amines is 1. The molecule has 3 rings (SSSR count). The van der Waals surface area contributed by atoms with E-state index in [1.54, 1.807) is 30.3 Å². The van der Waals surface area contributed by atoms with Crippen LogP contribution in [0.3, 0.4) is 0 Å². The predicted octanol–water partition coefficient (Wildman–Crippen LogP) is 4.25. The highest BCUT2D eigenvalue weighted by Crippen LogP contribution is 2.28. The lowest BCUT2D eigenvalue weighted by atomic mass is 9.99. The molecule has 0 aliphatic rings. The molecular weight excluding hydrogens is 386 g/mol. The minimum atomic E-state index is -0.503. The average molecular weight is 396 g/mol. The van der Waals surface area contributed by atoms with Crippen LogP contribution in [0.1, 0.15) is 5.56 Å². The van der Waals surface area contributed by atoms with Crippen molar-refractivity contribution < 1.29 is 4.92 Å². The van der Waals surface area contributed by atoms with Gasteiger partial charge in [-0.3, -0.25) is 14.9 Å². The van der Waals surface area contributed by atoms with Crippen molar-refractivity contribution in [2.45, 2.75) is 0 Å². The summed E-state index contributed by atoms with van der Waals surface area (Å²) in [6.07, 6.45) is 0. The van der Waals surface area contributed by atoms with Crippen LogP contribution in [0.5, 0.6) is 0 Å². The number of rotatable bonds is 3. The number of H-pyrrole nitrogens is 1. The van der Waals surface area contributed by atoms with Crippen LogP contribution in [-0.2, 0) is 0 Å². The summed E-state index contributed by atoms with van der Waals surface area (Å²) in [5.41, 5.74) is 1.82. The molecule has 0 spiro atoms. The van der Waals surface area contributed by atoms with Gasteiger partial charge in [0.15, 0.2) is 0 Å². The van der Waals surface area contributed by atoms with Gasteiger partial charge >= 0.3 is 0 Å². The van der Waals surface area contributed by atoms with Crippen molar-refractivity contribution >= 4 is 21.6 Å². The molecular formula is C18H10BrN3O3. The number of nitro benzene ring substituents is 1. The number of hydrogen-bond acceptors (Lipinski definition) is 4. The third kappa shape index (κ3) is 3.34. The van der Waals surface area contributed by atoms with E-state index in [0.29, 0.717) is 16.8 Å². The first-order chi connectivity index (χ1) is 12.0. The van der Waals surface area contributed by atoms with E-state index in [4.69, 9.17) is 0 Å². The fourth-order valence-electron chi connectivity index (χ4n) is 2.45. The Morgan fingerprint density at radius 2 is 1.64 bits per heavy atom. The molecule has 0 aliphatic heterocycles. The number of hydrogen-bond donors (Lipinski definition) is 1. The van der Waals surface area contributed by atoms with Crippen LogP contribution in [-0.4, -0.2) is 9.91 Å². The number of nitriles is 1. The normalized spacial score (nSPS) is 10.2. The molecule has 0 unspecified atom stereocenters. The summed E-state index contributed by atoms with van der Waals surface area (Å²) >= 11 is 3.35. The SMILES string of the molecule is N#Cc1c(-c2ccc(Br)cc2)cc(-c2ccc([N+](=O)[O-])cc2)[nH]c1=O. The van der Waals surface area contributed by atoms with Gasteiger partial charge < -0.3 is 4.98 Å². The number of nitro groups is 1. The van der Waals surface area contributed by atoms with E-state index in [0.717, 1.165) is 10.0 Å². The van der Waals surface area contributed by atoms with Crippen molar-refractivity contribution in [2.75, 3.05) is 0 Å². The summed E-state index contributed by atoms with van der Waals surface area (Å²) in [5, 5.41) is 20.1. The van der Waals surface area contributed by atoms with Crippen molar-refractivity contribution in [3.8, 4) is 28.5 Å². The highest BCUT2D eigenvalue weighted by Gasteiger charge is 2.13. The molecule has 2 aromatic carbocycles. The first kappa shape index (κ1) is 16.6. The first-order valence-electron chi connectivity index (χ1n) is 7.18. The summed E-state index contributed by atoms with van der Waals surface area (Å²) in [6.45, 7) is 0. The molecule has 25 heavy (non-hydrogen) atoms. The maximum Gasteiger partial charge on any atom is 0.269 e. The van der Waals surface area contributed by atoms with Gasteiger partial charge in [-0.1, -0.05) is 28.1 Å². The standard InChI is InChI=1S/C18H10BrN3O3/c19-13-5-1-11(2-6-13)15-9-17(21-18(23)16(15)10-20)12-3-7-14(8-4-12)22(24)25/h1-9H,(H,21,23). The predicted molar refractivity (Wildman–Crippen MR) is 97.0 cm³/mol. The van der Waals surface area contributed by atoms with Gasteiger partial charge in [-0.05, 0) is 41.5 Å². The average Bonchev–Trinajstić information content (AvgIpc) is 2.62. The van der Waals surface area contributed by atoms with Crippen LogP contribution < -0.4 is 5.56 Å². The molecule has 0 fully saturated rings. The van der Waals surface area contributed by atoms with E-state index in [-0.39, 0.29) is 11.3 Å². The van der Waals surface area contributed by atoms with Crippen molar-refractivity contribution in [2.24, 2.45) is 0 Å². The summed E-state index contributed by atoms with van der Waals surface area (Å²) in [5.74, 6) is 0. The highest BCUT2D eigenvalue weighted by molar-refractivity contribution is 9.10. The number of halogens is 1. The second-order valence-electron chi connectivity index (χ2n) is 5.22. The first-order valence-corrected chi connectivity index (χ1v) is 7.97. The Labute approximate surface area is 150 Å². The van der Waals surface area contributed by atoms with E-state index >= 15 is 0 Å². The maximum atomic E-state index is 12.3. The minimum absolute atomic E-state index is 0.0213. The lowest BCUT2D eigenvalue weighted by Crippen LogP contribution is -2.12. The van der Waals surface area contributed by atoms with Crippen LogP contribution in [0, 0.1) is 21.4 Å². The van der Waals surface area contributed by atoms with Crippen LogP contribution >= 0.6 is 15.9 Å². The zero-order chi connectivity index (χ0) is 18.0. The molecule has 0 saturated heterocycles. The molecule has 122 valence electrons. The summed E-state index contributed by atoms with van der Waals surface area (Å²) in [7, 11) is 0. The molecule has 1 N–H and O–H groups in total. The topological polar surface area (TPSA) is 99.8 Å². The van der Waals surface area contributed by atoms with E-state index in [9.17, 15) is 20.2 Å². The van der Waals surface area contributed by atoms with E-state index in [1.807, 2.05) is 18.2 Å². The molecule has 0 saturated carbocycles. The van der Waals surface area contributed by atoms with Gasteiger partial charge in [0.1, 0.15) is 11.6 Å². The Bertz CT molecular complexity index is 1050. The Kier molecular flexibility index (Phi) is 4.46. The smallest absolute Gasteiger partial charge is 0.269 e. The van der Waals surface area contributed by atoms with Crippen molar-refractivity contribution in [1.29, 1.82) is 5.26 Å². The molecule has 0 radical (unpaired) electrons. The summed E-state index contributed by atoms with van der Waals surface area (Å²) < 4.78 is 0.884. The molecule has 1 heterocycles. The molecule has 0 amide bonds. The van der Waals surface area contributed by atoms with Crippen LogP contribution in [0.15, 0.2) is 63.9 Å². The van der Waals surface area contributed by atoms with Crippen LogP contribution in [0.2, 0.25) is 0 Å².